The molecule has 0 unspecified atom stereocenters. The van der Waals surface area contributed by atoms with Crippen molar-refractivity contribution in [2.45, 2.75) is 13.0 Å². The standard InChI is InChI=1S/C21H26N2O2/c1-25-17-19-7-9-20(10-8-19)21(24)23-15-13-22(14-16-23)12-11-18-5-3-2-4-6-18/h2-10H,11-17H2,1H3. The molecule has 1 aliphatic rings. The van der Waals surface area contributed by atoms with Gasteiger partial charge in [-0.05, 0) is 29.7 Å². The Bertz CT molecular complexity index is 662. The highest BCUT2D eigenvalue weighted by atomic mass is 16.5. The summed E-state index contributed by atoms with van der Waals surface area (Å²) in [4.78, 5) is 17.0. The van der Waals surface area contributed by atoms with Crippen LogP contribution in [-0.4, -0.2) is 55.5 Å². The van der Waals surface area contributed by atoms with Crippen molar-refractivity contribution in [2.24, 2.45) is 0 Å². The second-order valence-electron chi connectivity index (χ2n) is 6.50. The third-order valence-electron chi connectivity index (χ3n) is 4.73. The Kier molecular flexibility index (Phi) is 6.20. The molecule has 1 fully saturated rings. The highest BCUT2D eigenvalue weighted by Crippen LogP contribution is 2.12. The highest BCUT2D eigenvalue weighted by molar-refractivity contribution is 5.94. The second-order valence-corrected chi connectivity index (χ2v) is 6.50. The van der Waals surface area contributed by atoms with E-state index in [1.807, 2.05) is 29.2 Å². The number of rotatable bonds is 6. The zero-order chi connectivity index (χ0) is 17.5. The summed E-state index contributed by atoms with van der Waals surface area (Å²) < 4.78 is 5.11. The van der Waals surface area contributed by atoms with E-state index in [2.05, 4.69) is 35.2 Å². The fourth-order valence-electron chi connectivity index (χ4n) is 3.20. The number of hydrogen-bond donors (Lipinski definition) is 0. The lowest BCUT2D eigenvalue weighted by molar-refractivity contribution is 0.0638. The van der Waals surface area contributed by atoms with E-state index in [4.69, 9.17) is 4.74 Å². The maximum atomic E-state index is 12.6. The van der Waals surface area contributed by atoms with Gasteiger partial charge >= 0.3 is 0 Å². The van der Waals surface area contributed by atoms with E-state index in [0.717, 1.165) is 50.3 Å². The van der Waals surface area contributed by atoms with Gasteiger partial charge in [0, 0.05) is 45.4 Å². The van der Waals surface area contributed by atoms with Gasteiger partial charge in [0.05, 0.1) is 6.61 Å². The molecular formula is C21H26N2O2. The Morgan fingerprint density at radius 3 is 2.24 bits per heavy atom. The zero-order valence-corrected chi connectivity index (χ0v) is 14.9. The van der Waals surface area contributed by atoms with Gasteiger partial charge in [0.25, 0.3) is 5.91 Å². The molecule has 0 spiro atoms. The van der Waals surface area contributed by atoms with Gasteiger partial charge in [-0.2, -0.15) is 0 Å². The molecule has 25 heavy (non-hydrogen) atoms. The van der Waals surface area contributed by atoms with E-state index in [1.54, 1.807) is 7.11 Å². The third kappa shape index (κ3) is 4.91. The normalized spacial score (nSPS) is 15.3. The maximum absolute atomic E-state index is 12.6. The molecule has 0 atom stereocenters. The summed E-state index contributed by atoms with van der Waals surface area (Å²) in [6.45, 7) is 5.12. The lowest BCUT2D eigenvalue weighted by Crippen LogP contribution is -2.49. The number of methoxy groups -OCH3 is 1. The SMILES string of the molecule is COCc1ccc(C(=O)N2CCN(CCc3ccccc3)CC2)cc1. The number of ether oxygens (including phenoxy) is 1. The summed E-state index contributed by atoms with van der Waals surface area (Å²) in [5.74, 6) is 0.131. The lowest BCUT2D eigenvalue weighted by atomic mass is 10.1. The second kappa shape index (κ2) is 8.79. The molecule has 132 valence electrons. The fourth-order valence-corrected chi connectivity index (χ4v) is 3.20. The molecule has 0 N–H and O–H groups in total. The number of piperazine rings is 1. The van der Waals surface area contributed by atoms with Crippen LogP contribution in [0.1, 0.15) is 21.5 Å². The van der Waals surface area contributed by atoms with Gasteiger partial charge in [0.2, 0.25) is 0 Å². The summed E-state index contributed by atoms with van der Waals surface area (Å²) >= 11 is 0. The number of carbonyl (C=O) groups is 1. The van der Waals surface area contributed by atoms with Crippen molar-refractivity contribution in [3.05, 3.63) is 71.3 Å². The van der Waals surface area contributed by atoms with Crippen LogP contribution in [0.15, 0.2) is 54.6 Å². The van der Waals surface area contributed by atoms with Crippen LogP contribution >= 0.6 is 0 Å². The Balaban J connectivity index is 1.47. The molecular weight excluding hydrogens is 312 g/mol. The first-order valence-corrected chi connectivity index (χ1v) is 8.89. The monoisotopic (exact) mass is 338 g/mol. The van der Waals surface area contributed by atoms with Crippen molar-refractivity contribution in [2.75, 3.05) is 39.8 Å². The van der Waals surface area contributed by atoms with Crippen LogP contribution in [0.25, 0.3) is 0 Å². The summed E-state index contributed by atoms with van der Waals surface area (Å²) in [6.07, 6.45) is 1.07. The van der Waals surface area contributed by atoms with Crippen LogP contribution in [0.3, 0.4) is 0 Å². The first-order valence-electron chi connectivity index (χ1n) is 8.89. The molecule has 2 aromatic carbocycles. The quantitative estimate of drug-likeness (QED) is 0.812. The minimum absolute atomic E-state index is 0.131. The highest BCUT2D eigenvalue weighted by Gasteiger charge is 2.21. The average Bonchev–Trinajstić information content (AvgIpc) is 2.68. The summed E-state index contributed by atoms with van der Waals surface area (Å²) in [7, 11) is 1.68. The molecule has 0 radical (unpaired) electrons. The van der Waals surface area contributed by atoms with Crippen LogP contribution in [0.2, 0.25) is 0 Å². The van der Waals surface area contributed by atoms with Crippen molar-refractivity contribution in [1.29, 1.82) is 0 Å². The molecule has 2 aromatic rings. The van der Waals surface area contributed by atoms with E-state index in [-0.39, 0.29) is 5.91 Å². The number of carbonyl (C=O) groups excluding carboxylic acids is 1. The van der Waals surface area contributed by atoms with Crippen LogP contribution in [0, 0.1) is 0 Å². The van der Waals surface area contributed by atoms with Crippen LogP contribution in [-0.2, 0) is 17.8 Å². The van der Waals surface area contributed by atoms with Gasteiger partial charge in [-0.25, -0.2) is 0 Å². The Morgan fingerprint density at radius 2 is 1.60 bits per heavy atom. The van der Waals surface area contributed by atoms with E-state index < -0.39 is 0 Å². The zero-order valence-electron chi connectivity index (χ0n) is 14.9. The predicted molar refractivity (Wildman–Crippen MR) is 99.6 cm³/mol. The minimum Gasteiger partial charge on any atom is -0.380 e. The van der Waals surface area contributed by atoms with Crippen molar-refractivity contribution in [1.82, 2.24) is 9.80 Å². The molecule has 0 aromatic heterocycles. The number of nitrogens with zero attached hydrogens (tertiary/aromatic N) is 2. The maximum Gasteiger partial charge on any atom is 0.253 e. The predicted octanol–water partition coefficient (Wildman–Crippen LogP) is 2.83. The van der Waals surface area contributed by atoms with Gasteiger partial charge in [-0.3, -0.25) is 9.69 Å². The Labute approximate surface area is 150 Å². The molecule has 0 aliphatic carbocycles. The summed E-state index contributed by atoms with van der Waals surface area (Å²) in [6, 6.07) is 18.3. The van der Waals surface area contributed by atoms with Crippen molar-refractivity contribution >= 4 is 5.91 Å². The molecule has 1 aliphatic heterocycles. The summed E-state index contributed by atoms with van der Waals surface area (Å²) in [5.41, 5.74) is 3.22. The molecule has 3 rings (SSSR count). The van der Waals surface area contributed by atoms with Crippen molar-refractivity contribution in [3.63, 3.8) is 0 Å². The molecule has 0 saturated carbocycles. The third-order valence-corrected chi connectivity index (χ3v) is 4.73. The van der Waals surface area contributed by atoms with Crippen LogP contribution in [0.5, 0.6) is 0 Å². The number of benzene rings is 2. The molecule has 4 heteroatoms. The van der Waals surface area contributed by atoms with Crippen LogP contribution < -0.4 is 0 Å². The van der Waals surface area contributed by atoms with E-state index in [9.17, 15) is 4.79 Å². The van der Waals surface area contributed by atoms with Gasteiger partial charge in [0.15, 0.2) is 0 Å². The molecule has 0 bridgehead atoms. The summed E-state index contributed by atoms with van der Waals surface area (Å²) in [5, 5.41) is 0. The molecule has 4 nitrogen and oxygen atoms in total. The van der Waals surface area contributed by atoms with Gasteiger partial charge < -0.3 is 9.64 Å². The van der Waals surface area contributed by atoms with Crippen LogP contribution in [0.4, 0.5) is 0 Å². The minimum atomic E-state index is 0.131. The fraction of sp³-hybridized carbons (Fsp3) is 0.381. The van der Waals surface area contributed by atoms with Crippen molar-refractivity contribution < 1.29 is 9.53 Å². The first kappa shape index (κ1) is 17.6. The number of amides is 1. The Hall–Kier alpha value is -2.17. The van der Waals surface area contributed by atoms with E-state index in [0.29, 0.717) is 6.61 Å². The van der Waals surface area contributed by atoms with Gasteiger partial charge in [-0.15, -0.1) is 0 Å². The first-order chi connectivity index (χ1) is 12.3. The Morgan fingerprint density at radius 1 is 0.920 bits per heavy atom. The lowest BCUT2D eigenvalue weighted by Gasteiger charge is -2.34. The smallest absolute Gasteiger partial charge is 0.253 e. The van der Waals surface area contributed by atoms with E-state index >= 15 is 0 Å². The van der Waals surface area contributed by atoms with E-state index in [1.165, 1.54) is 5.56 Å². The van der Waals surface area contributed by atoms with Gasteiger partial charge in [0.1, 0.15) is 0 Å². The topological polar surface area (TPSA) is 32.8 Å². The molecule has 1 saturated heterocycles. The average molecular weight is 338 g/mol. The molecule has 1 amide bonds. The molecule has 1 heterocycles. The van der Waals surface area contributed by atoms with Gasteiger partial charge in [-0.1, -0.05) is 42.5 Å². The number of hydrogen-bond acceptors (Lipinski definition) is 3. The largest absolute Gasteiger partial charge is 0.380 e. The van der Waals surface area contributed by atoms with Crippen molar-refractivity contribution in [3.8, 4) is 0 Å².